The maximum atomic E-state index is 11.7. The zero-order valence-corrected chi connectivity index (χ0v) is 10.3. The number of nitrogens with zero attached hydrogens (tertiary/aromatic N) is 1. The van der Waals surface area contributed by atoms with E-state index in [2.05, 4.69) is 0 Å². The van der Waals surface area contributed by atoms with E-state index in [9.17, 15) is 4.79 Å². The fraction of sp³-hybridized carbons (Fsp3) is 0.364. The van der Waals surface area contributed by atoms with Crippen LogP contribution < -0.4 is 0 Å². The molecular formula is C11H13Cl2NO. The van der Waals surface area contributed by atoms with Gasteiger partial charge in [0.1, 0.15) is 0 Å². The molecule has 0 aromatic heterocycles. The Kier molecular flexibility index (Phi) is 4.58. The van der Waals surface area contributed by atoms with Gasteiger partial charge in [-0.2, -0.15) is 0 Å². The molecule has 0 heterocycles. The molecule has 1 aromatic rings. The molecule has 1 rings (SSSR count). The highest BCUT2D eigenvalue weighted by molar-refractivity contribution is 6.42. The smallest absolute Gasteiger partial charge is 0.176 e. The standard InChI is InChI=1S/C11H13Cl2NO/c1-3-14(2)7-11(15)8-4-5-9(12)10(13)6-8/h4-6H,3,7H2,1-2H3. The minimum atomic E-state index is 0.0536. The third kappa shape index (κ3) is 3.49. The monoisotopic (exact) mass is 245 g/mol. The van der Waals surface area contributed by atoms with E-state index in [4.69, 9.17) is 23.2 Å². The van der Waals surface area contributed by atoms with Gasteiger partial charge in [-0.25, -0.2) is 0 Å². The Bertz CT molecular complexity index is 366. The summed E-state index contributed by atoms with van der Waals surface area (Å²) >= 11 is 11.6. The van der Waals surface area contributed by atoms with E-state index < -0.39 is 0 Å². The molecule has 82 valence electrons. The molecule has 0 bridgehead atoms. The number of ketones is 1. The van der Waals surface area contributed by atoms with E-state index in [1.54, 1.807) is 18.2 Å². The summed E-state index contributed by atoms with van der Waals surface area (Å²) in [5.41, 5.74) is 0.602. The van der Waals surface area contributed by atoms with Gasteiger partial charge in [-0.1, -0.05) is 30.1 Å². The van der Waals surface area contributed by atoms with Gasteiger partial charge < -0.3 is 0 Å². The summed E-state index contributed by atoms with van der Waals surface area (Å²) in [5.74, 6) is 0.0536. The van der Waals surface area contributed by atoms with E-state index in [1.807, 2.05) is 18.9 Å². The van der Waals surface area contributed by atoms with Crippen molar-refractivity contribution in [3.63, 3.8) is 0 Å². The topological polar surface area (TPSA) is 20.3 Å². The Hall–Kier alpha value is -0.570. The Morgan fingerprint density at radius 2 is 2.00 bits per heavy atom. The van der Waals surface area contributed by atoms with E-state index in [-0.39, 0.29) is 5.78 Å². The van der Waals surface area contributed by atoms with Gasteiger partial charge in [-0.05, 0) is 31.8 Å². The van der Waals surface area contributed by atoms with Crippen LogP contribution in [0.3, 0.4) is 0 Å². The van der Waals surface area contributed by atoms with Crippen molar-refractivity contribution in [1.29, 1.82) is 0 Å². The molecule has 0 saturated carbocycles. The zero-order valence-electron chi connectivity index (χ0n) is 8.76. The lowest BCUT2D eigenvalue weighted by Crippen LogP contribution is -2.25. The minimum absolute atomic E-state index is 0.0536. The first kappa shape index (κ1) is 12.5. The summed E-state index contributed by atoms with van der Waals surface area (Å²) in [6, 6.07) is 4.94. The maximum Gasteiger partial charge on any atom is 0.176 e. The predicted molar refractivity (Wildman–Crippen MR) is 64.0 cm³/mol. The Morgan fingerprint density at radius 1 is 1.33 bits per heavy atom. The van der Waals surface area contributed by atoms with Crippen LogP contribution in [0, 0.1) is 0 Å². The van der Waals surface area contributed by atoms with Crippen LogP contribution in [-0.2, 0) is 0 Å². The van der Waals surface area contributed by atoms with Crippen molar-refractivity contribution < 1.29 is 4.79 Å². The highest BCUT2D eigenvalue weighted by Crippen LogP contribution is 2.22. The van der Waals surface area contributed by atoms with Gasteiger partial charge >= 0.3 is 0 Å². The van der Waals surface area contributed by atoms with Gasteiger partial charge in [0, 0.05) is 5.56 Å². The number of benzene rings is 1. The zero-order chi connectivity index (χ0) is 11.4. The van der Waals surface area contributed by atoms with Crippen LogP contribution in [0.2, 0.25) is 10.0 Å². The molecule has 0 aliphatic carbocycles. The lowest BCUT2D eigenvalue weighted by Gasteiger charge is -2.12. The first-order valence-electron chi connectivity index (χ1n) is 4.71. The molecule has 1 aromatic carbocycles. The van der Waals surface area contributed by atoms with Gasteiger partial charge in [-0.15, -0.1) is 0 Å². The SMILES string of the molecule is CCN(C)CC(=O)c1ccc(Cl)c(Cl)c1. The highest BCUT2D eigenvalue weighted by Gasteiger charge is 2.09. The number of halogens is 2. The van der Waals surface area contributed by atoms with Crippen LogP contribution in [0.5, 0.6) is 0 Å². The van der Waals surface area contributed by atoms with Crippen molar-refractivity contribution in [3.8, 4) is 0 Å². The highest BCUT2D eigenvalue weighted by atomic mass is 35.5. The van der Waals surface area contributed by atoms with Gasteiger partial charge in [0.25, 0.3) is 0 Å². The lowest BCUT2D eigenvalue weighted by molar-refractivity contribution is 0.0949. The number of rotatable bonds is 4. The van der Waals surface area contributed by atoms with Crippen LogP contribution >= 0.6 is 23.2 Å². The summed E-state index contributed by atoms with van der Waals surface area (Å²) in [7, 11) is 1.90. The minimum Gasteiger partial charge on any atom is -0.299 e. The molecular weight excluding hydrogens is 233 g/mol. The Balaban J connectivity index is 2.78. The first-order chi connectivity index (χ1) is 7.04. The summed E-state index contributed by atoms with van der Waals surface area (Å²) < 4.78 is 0. The van der Waals surface area contributed by atoms with Crippen molar-refractivity contribution in [2.45, 2.75) is 6.92 Å². The number of hydrogen-bond acceptors (Lipinski definition) is 2. The fourth-order valence-electron chi connectivity index (χ4n) is 1.12. The lowest BCUT2D eigenvalue weighted by atomic mass is 10.1. The van der Waals surface area contributed by atoms with E-state index in [1.165, 1.54) is 0 Å². The second kappa shape index (κ2) is 5.50. The van der Waals surface area contributed by atoms with Gasteiger partial charge in [0.15, 0.2) is 5.78 Å². The number of carbonyl (C=O) groups is 1. The average molecular weight is 246 g/mol. The van der Waals surface area contributed by atoms with Crippen LogP contribution in [0.4, 0.5) is 0 Å². The fourth-order valence-corrected chi connectivity index (χ4v) is 1.42. The Labute approximate surface area is 99.8 Å². The van der Waals surface area contributed by atoms with Crippen molar-refractivity contribution in [2.24, 2.45) is 0 Å². The molecule has 0 saturated heterocycles. The average Bonchev–Trinajstić information content (AvgIpc) is 2.21. The van der Waals surface area contributed by atoms with Crippen LogP contribution in [0.1, 0.15) is 17.3 Å². The van der Waals surface area contributed by atoms with Crippen LogP contribution in [0.15, 0.2) is 18.2 Å². The molecule has 0 aliphatic rings. The second-order valence-electron chi connectivity index (χ2n) is 3.38. The maximum absolute atomic E-state index is 11.7. The molecule has 0 fully saturated rings. The van der Waals surface area contributed by atoms with Crippen LogP contribution in [0.25, 0.3) is 0 Å². The van der Waals surface area contributed by atoms with Gasteiger partial charge in [0.2, 0.25) is 0 Å². The van der Waals surface area contributed by atoms with Crippen molar-refractivity contribution in [2.75, 3.05) is 20.1 Å². The summed E-state index contributed by atoms with van der Waals surface area (Å²) in [4.78, 5) is 13.7. The molecule has 0 aliphatic heterocycles. The molecule has 0 amide bonds. The van der Waals surface area contributed by atoms with E-state index in [0.717, 1.165) is 6.54 Å². The summed E-state index contributed by atoms with van der Waals surface area (Å²) in [6.45, 7) is 3.24. The quantitative estimate of drug-likeness (QED) is 0.760. The molecule has 0 unspecified atom stereocenters. The van der Waals surface area contributed by atoms with E-state index >= 15 is 0 Å². The van der Waals surface area contributed by atoms with Crippen molar-refractivity contribution >= 4 is 29.0 Å². The number of Topliss-reactive ketones (excluding diaryl/α,β-unsaturated/α-hetero) is 1. The number of carbonyl (C=O) groups excluding carboxylic acids is 1. The largest absolute Gasteiger partial charge is 0.299 e. The molecule has 0 radical (unpaired) electrons. The molecule has 4 heteroatoms. The summed E-state index contributed by atoms with van der Waals surface area (Å²) in [5, 5.41) is 0.888. The molecule has 0 atom stereocenters. The van der Waals surface area contributed by atoms with Crippen LogP contribution in [-0.4, -0.2) is 30.8 Å². The van der Waals surface area contributed by atoms with Gasteiger partial charge in [0.05, 0.1) is 16.6 Å². The normalized spacial score (nSPS) is 10.7. The van der Waals surface area contributed by atoms with Crippen molar-refractivity contribution in [3.05, 3.63) is 33.8 Å². The number of likely N-dealkylation sites (N-methyl/N-ethyl adjacent to an activating group) is 1. The molecule has 15 heavy (non-hydrogen) atoms. The summed E-state index contributed by atoms with van der Waals surface area (Å²) in [6.07, 6.45) is 0. The first-order valence-corrected chi connectivity index (χ1v) is 5.47. The third-order valence-electron chi connectivity index (χ3n) is 2.19. The molecule has 0 N–H and O–H groups in total. The molecule has 2 nitrogen and oxygen atoms in total. The third-order valence-corrected chi connectivity index (χ3v) is 2.93. The number of hydrogen-bond donors (Lipinski definition) is 0. The van der Waals surface area contributed by atoms with Gasteiger partial charge in [-0.3, -0.25) is 9.69 Å². The predicted octanol–water partition coefficient (Wildman–Crippen LogP) is 3.13. The van der Waals surface area contributed by atoms with E-state index in [0.29, 0.717) is 22.2 Å². The second-order valence-corrected chi connectivity index (χ2v) is 4.20. The Morgan fingerprint density at radius 3 is 2.53 bits per heavy atom. The van der Waals surface area contributed by atoms with Crippen molar-refractivity contribution in [1.82, 2.24) is 4.90 Å². The molecule has 0 spiro atoms.